The molecule has 1 amide bonds. The first-order valence-electron chi connectivity index (χ1n) is 7.72. The van der Waals surface area contributed by atoms with Crippen molar-refractivity contribution >= 4 is 5.91 Å². The Morgan fingerprint density at radius 3 is 2.71 bits per heavy atom. The standard InChI is InChI=1S/C17H23N3O/c1-2-10-20(16-8-6-15(19)7-9-16)17(21)14-5-3-4-13(11-14)12-18/h3-5,11,15-16H,2,6-10,19H2,1H3. The second-order valence-electron chi connectivity index (χ2n) is 5.76. The van der Waals surface area contributed by atoms with Crippen molar-refractivity contribution in [3.8, 4) is 6.07 Å². The van der Waals surface area contributed by atoms with Crippen molar-refractivity contribution in [1.82, 2.24) is 4.90 Å². The SMILES string of the molecule is CCCN(C(=O)c1cccc(C#N)c1)C1CCC(N)CC1. The van der Waals surface area contributed by atoms with Crippen molar-refractivity contribution in [2.45, 2.75) is 51.1 Å². The first-order valence-corrected chi connectivity index (χ1v) is 7.72. The normalized spacial score (nSPS) is 21.6. The van der Waals surface area contributed by atoms with E-state index in [1.807, 2.05) is 4.90 Å². The van der Waals surface area contributed by atoms with Crippen LogP contribution >= 0.6 is 0 Å². The van der Waals surface area contributed by atoms with Gasteiger partial charge in [-0.3, -0.25) is 4.79 Å². The summed E-state index contributed by atoms with van der Waals surface area (Å²) in [6, 6.07) is 9.62. The van der Waals surface area contributed by atoms with Gasteiger partial charge in [0.15, 0.2) is 0 Å². The molecule has 0 aromatic heterocycles. The maximum absolute atomic E-state index is 12.8. The van der Waals surface area contributed by atoms with Gasteiger partial charge in [0.1, 0.15) is 0 Å². The molecule has 1 aliphatic rings. The zero-order valence-corrected chi connectivity index (χ0v) is 12.6. The van der Waals surface area contributed by atoms with Gasteiger partial charge in [0.25, 0.3) is 5.91 Å². The molecular weight excluding hydrogens is 262 g/mol. The lowest BCUT2D eigenvalue weighted by atomic mass is 9.90. The van der Waals surface area contributed by atoms with E-state index in [0.29, 0.717) is 11.1 Å². The summed E-state index contributed by atoms with van der Waals surface area (Å²) in [5.74, 6) is 0.0365. The van der Waals surface area contributed by atoms with E-state index >= 15 is 0 Å². The van der Waals surface area contributed by atoms with Gasteiger partial charge in [-0.15, -0.1) is 0 Å². The minimum absolute atomic E-state index is 0.0365. The molecular formula is C17H23N3O. The zero-order valence-electron chi connectivity index (χ0n) is 12.6. The Morgan fingerprint density at radius 1 is 1.38 bits per heavy atom. The van der Waals surface area contributed by atoms with Crippen molar-refractivity contribution in [1.29, 1.82) is 5.26 Å². The van der Waals surface area contributed by atoms with Crippen molar-refractivity contribution < 1.29 is 4.79 Å². The van der Waals surface area contributed by atoms with Gasteiger partial charge in [0.05, 0.1) is 11.6 Å². The van der Waals surface area contributed by atoms with E-state index in [2.05, 4.69) is 13.0 Å². The van der Waals surface area contributed by atoms with Crippen molar-refractivity contribution in [3.63, 3.8) is 0 Å². The first kappa shape index (κ1) is 15.5. The summed E-state index contributed by atoms with van der Waals surface area (Å²) < 4.78 is 0. The largest absolute Gasteiger partial charge is 0.336 e. The van der Waals surface area contributed by atoms with E-state index in [-0.39, 0.29) is 18.0 Å². The minimum Gasteiger partial charge on any atom is -0.336 e. The molecule has 0 spiro atoms. The highest BCUT2D eigenvalue weighted by molar-refractivity contribution is 5.94. The summed E-state index contributed by atoms with van der Waals surface area (Å²) in [6.45, 7) is 2.84. The molecule has 0 atom stereocenters. The fourth-order valence-electron chi connectivity index (χ4n) is 2.99. The van der Waals surface area contributed by atoms with Gasteiger partial charge in [0.2, 0.25) is 0 Å². The van der Waals surface area contributed by atoms with Crippen LogP contribution in [0.1, 0.15) is 54.9 Å². The number of carbonyl (C=O) groups excluding carboxylic acids is 1. The fraction of sp³-hybridized carbons (Fsp3) is 0.529. The Labute approximate surface area is 126 Å². The Balaban J connectivity index is 2.17. The van der Waals surface area contributed by atoms with Crippen LogP contribution < -0.4 is 5.73 Å². The zero-order chi connectivity index (χ0) is 15.2. The third kappa shape index (κ3) is 3.83. The molecule has 21 heavy (non-hydrogen) atoms. The van der Waals surface area contributed by atoms with E-state index < -0.39 is 0 Å². The van der Waals surface area contributed by atoms with Gasteiger partial charge in [-0.1, -0.05) is 13.0 Å². The fourth-order valence-corrected chi connectivity index (χ4v) is 2.99. The van der Waals surface area contributed by atoms with Crippen LogP contribution in [0, 0.1) is 11.3 Å². The number of amides is 1. The van der Waals surface area contributed by atoms with Gasteiger partial charge in [-0.2, -0.15) is 5.26 Å². The van der Waals surface area contributed by atoms with Crippen LogP contribution in [0.4, 0.5) is 0 Å². The highest BCUT2D eigenvalue weighted by atomic mass is 16.2. The summed E-state index contributed by atoms with van der Waals surface area (Å²) in [6.07, 6.45) is 4.86. The highest BCUT2D eigenvalue weighted by Crippen LogP contribution is 2.24. The quantitative estimate of drug-likeness (QED) is 0.924. The second kappa shape index (κ2) is 7.24. The third-order valence-corrected chi connectivity index (χ3v) is 4.15. The average Bonchev–Trinajstić information content (AvgIpc) is 2.53. The average molecular weight is 285 g/mol. The topological polar surface area (TPSA) is 70.1 Å². The highest BCUT2D eigenvalue weighted by Gasteiger charge is 2.27. The Kier molecular flexibility index (Phi) is 5.35. The van der Waals surface area contributed by atoms with Gasteiger partial charge in [-0.25, -0.2) is 0 Å². The molecule has 0 radical (unpaired) electrons. The second-order valence-corrected chi connectivity index (χ2v) is 5.76. The van der Waals surface area contributed by atoms with E-state index in [0.717, 1.165) is 38.6 Å². The molecule has 0 unspecified atom stereocenters. The van der Waals surface area contributed by atoms with Crippen LogP contribution in [0.3, 0.4) is 0 Å². The molecule has 2 N–H and O–H groups in total. The molecule has 4 nitrogen and oxygen atoms in total. The van der Waals surface area contributed by atoms with Gasteiger partial charge in [-0.05, 0) is 50.3 Å². The van der Waals surface area contributed by atoms with Crippen LogP contribution in [0.15, 0.2) is 24.3 Å². The maximum atomic E-state index is 12.8. The summed E-state index contributed by atoms with van der Waals surface area (Å²) in [5.41, 5.74) is 7.10. The minimum atomic E-state index is 0.0365. The van der Waals surface area contributed by atoms with Crippen LogP contribution in [-0.4, -0.2) is 29.4 Å². The molecule has 1 aliphatic carbocycles. The first-order chi connectivity index (χ1) is 10.2. The molecule has 0 aliphatic heterocycles. The molecule has 4 heteroatoms. The lowest BCUT2D eigenvalue weighted by Gasteiger charge is -2.36. The molecule has 112 valence electrons. The number of nitriles is 1. The summed E-state index contributed by atoms with van der Waals surface area (Å²) >= 11 is 0. The number of carbonyl (C=O) groups is 1. The molecule has 1 aromatic rings. The Bertz CT molecular complexity index is 527. The van der Waals surface area contributed by atoms with Gasteiger partial charge in [0, 0.05) is 24.2 Å². The number of rotatable bonds is 4. The molecule has 1 saturated carbocycles. The number of benzene rings is 1. The number of hydrogen-bond acceptors (Lipinski definition) is 3. The number of nitrogens with zero attached hydrogens (tertiary/aromatic N) is 2. The van der Waals surface area contributed by atoms with E-state index in [9.17, 15) is 4.79 Å². The van der Waals surface area contributed by atoms with Crippen LogP contribution in [0.5, 0.6) is 0 Å². The van der Waals surface area contributed by atoms with Gasteiger partial charge >= 0.3 is 0 Å². The van der Waals surface area contributed by atoms with Crippen molar-refractivity contribution in [2.75, 3.05) is 6.54 Å². The monoisotopic (exact) mass is 285 g/mol. The summed E-state index contributed by atoms with van der Waals surface area (Å²) in [5, 5.41) is 8.97. The van der Waals surface area contributed by atoms with E-state index in [1.54, 1.807) is 24.3 Å². The molecule has 0 heterocycles. The van der Waals surface area contributed by atoms with Crippen LogP contribution in [0.2, 0.25) is 0 Å². The van der Waals surface area contributed by atoms with Crippen molar-refractivity contribution in [2.24, 2.45) is 5.73 Å². The molecule has 1 fully saturated rings. The van der Waals surface area contributed by atoms with Crippen molar-refractivity contribution in [3.05, 3.63) is 35.4 Å². The van der Waals surface area contributed by atoms with Crippen LogP contribution in [0.25, 0.3) is 0 Å². The van der Waals surface area contributed by atoms with Crippen LogP contribution in [-0.2, 0) is 0 Å². The predicted molar refractivity (Wildman–Crippen MR) is 82.7 cm³/mol. The summed E-state index contributed by atoms with van der Waals surface area (Å²) in [7, 11) is 0. The van der Waals surface area contributed by atoms with E-state index in [1.165, 1.54) is 0 Å². The lowest BCUT2D eigenvalue weighted by molar-refractivity contribution is 0.0626. The predicted octanol–water partition coefficient (Wildman–Crippen LogP) is 2.68. The van der Waals surface area contributed by atoms with E-state index in [4.69, 9.17) is 11.0 Å². The smallest absolute Gasteiger partial charge is 0.254 e. The molecule has 0 bridgehead atoms. The summed E-state index contributed by atoms with van der Waals surface area (Å²) in [4.78, 5) is 14.7. The molecule has 0 saturated heterocycles. The molecule has 1 aromatic carbocycles. The Morgan fingerprint density at radius 2 is 2.10 bits per heavy atom. The Hall–Kier alpha value is -1.86. The maximum Gasteiger partial charge on any atom is 0.254 e. The van der Waals surface area contributed by atoms with Gasteiger partial charge < -0.3 is 10.6 Å². The third-order valence-electron chi connectivity index (χ3n) is 4.15. The lowest BCUT2D eigenvalue weighted by Crippen LogP contribution is -2.44. The number of hydrogen-bond donors (Lipinski definition) is 1. The number of nitrogens with two attached hydrogens (primary N) is 1. The molecule has 2 rings (SSSR count).